The van der Waals surface area contributed by atoms with Gasteiger partial charge in [-0.3, -0.25) is 4.79 Å². The molecule has 8 heteroatoms. The van der Waals surface area contributed by atoms with Gasteiger partial charge < -0.3 is 24.6 Å². The Morgan fingerprint density at radius 3 is 3.05 bits per heavy atom. The van der Waals surface area contributed by atoms with Crippen LogP contribution in [0.15, 0.2) is 12.4 Å². The number of ether oxygens (including phenoxy) is 1. The second kappa shape index (κ2) is 5.12. The van der Waals surface area contributed by atoms with Crippen molar-refractivity contribution in [3.05, 3.63) is 18.2 Å². The summed E-state index contributed by atoms with van der Waals surface area (Å²) >= 11 is 0. The first kappa shape index (κ1) is 12.9. The van der Waals surface area contributed by atoms with Crippen LogP contribution in [0.1, 0.15) is 5.82 Å². The fraction of sp³-hybridized carbons (Fsp3) is 0.583. The van der Waals surface area contributed by atoms with Gasteiger partial charge in [0.25, 0.3) is 0 Å². The van der Waals surface area contributed by atoms with Gasteiger partial charge in [0.15, 0.2) is 0 Å². The number of amides is 2. The Balaban J connectivity index is 1.61. The van der Waals surface area contributed by atoms with E-state index in [1.807, 2.05) is 10.8 Å². The third-order valence-electron chi connectivity index (χ3n) is 3.74. The minimum Gasteiger partial charge on any atom is -0.481 e. The molecule has 2 N–H and O–H groups in total. The second-order valence-corrected chi connectivity index (χ2v) is 5.00. The number of aromatic nitrogens is 2. The van der Waals surface area contributed by atoms with E-state index in [0.29, 0.717) is 19.6 Å². The number of carboxylic acid groups (broad SMARTS) is 1. The number of carbonyl (C=O) groups excluding carboxylic acids is 1. The molecule has 0 spiro atoms. The molecule has 0 aromatic carbocycles. The molecule has 1 aromatic heterocycles. The van der Waals surface area contributed by atoms with Crippen molar-refractivity contribution >= 4 is 12.0 Å². The van der Waals surface area contributed by atoms with Crippen molar-refractivity contribution in [2.24, 2.45) is 5.92 Å². The molecule has 3 heterocycles. The number of aliphatic carboxylic acids is 1. The number of carbonyl (C=O) groups is 2. The summed E-state index contributed by atoms with van der Waals surface area (Å²) in [6.07, 6.45) is 3.60. The van der Waals surface area contributed by atoms with E-state index >= 15 is 0 Å². The Morgan fingerprint density at radius 1 is 1.40 bits per heavy atom. The molecule has 0 aliphatic carbocycles. The zero-order chi connectivity index (χ0) is 14.1. The van der Waals surface area contributed by atoms with Gasteiger partial charge in [0, 0.05) is 25.5 Å². The first-order valence-electron chi connectivity index (χ1n) is 6.51. The largest absolute Gasteiger partial charge is 0.481 e. The lowest BCUT2D eigenvalue weighted by Gasteiger charge is -2.29. The van der Waals surface area contributed by atoms with Crippen molar-refractivity contribution in [3.8, 4) is 0 Å². The van der Waals surface area contributed by atoms with Crippen LogP contribution in [0.5, 0.6) is 0 Å². The number of hydrogen-bond acceptors (Lipinski definition) is 4. The van der Waals surface area contributed by atoms with Crippen molar-refractivity contribution in [3.63, 3.8) is 0 Å². The van der Waals surface area contributed by atoms with Crippen LogP contribution in [0, 0.1) is 5.92 Å². The third kappa shape index (κ3) is 2.34. The van der Waals surface area contributed by atoms with E-state index in [4.69, 9.17) is 9.84 Å². The number of nitrogens with zero attached hydrogens (tertiary/aromatic N) is 3. The minimum absolute atomic E-state index is 0.144. The second-order valence-electron chi connectivity index (χ2n) is 5.00. The Bertz CT molecular complexity index is 529. The van der Waals surface area contributed by atoms with Gasteiger partial charge in [-0.1, -0.05) is 0 Å². The lowest BCUT2D eigenvalue weighted by Crippen LogP contribution is -2.50. The zero-order valence-corrected chi connectivity index (χ0v) is 10.9. The number of nitrogens with one attached hydrogen (secondary N) is 1. The topological polar surface area (TPSA) is 96.7 Å². The van der Waals surface area contributed by atoms with Gasteiger partial charge >= 0.3 is 12.0 Å². The van der Waals surface area contributed by atoms with Gasteiger partial charge in [0.2, 0.25) is 0 Å². The molecule has 8 nitrogen and oxygen atoms in total. The number of imidazole rings is 1. The molecule has 1 fully saturated rings. The van der Waals surface area contributed by atoms with E-state index in [0.717, 1.165) is 5.82 Å². The normalized spacial score (nSPS) is 25.3. The minimum atomic E-state index is -0.943. The Morgan fingerprint density at radius 2 is 2.25 bits per heavy atom. The van der Waals surface area contributed by atoms with Crippen LogP contribution in [-0.2, 0) is 22.6 Å². The van der Waals surface area contributed by atoms with E-state index < -0.39 is 17.9 Å². The molecular weight excluding hydrogens is 264 g/mol. The van der Waals surface area contributed by atoms with Crippen LogP contribution in [0.2, 0.25) is 0 Å². The summed E-state index contributed by atoms with van der Waals surface area (Å²) in [7, 11) is 0. The summed E-state index contributed by atoms with van der Waals surface area (Å²) in [5.41, 5.74) is 0. The molecule has 2 atom stereocenters. The highest BCUT2D eigenvalue weighted by atomic mass is 16.5. The molecule has 2 unspecified atom stereocenters. The van der Waals surface area contributed by atoms with Gasteiger partial charge in [0.05, 0.1) is 25.8 Å². The number of carboxylic acids is 1. The summed E-state index contributed by atoms with van der Waals surface area (Å²) in [6.45, 7) is 2.10. The molecule has 0 radical (unpaired) electrons. The first-order valence-corrected chi connectivity index (χ1v) is 6.51. The molecule has 1 aromatic rings. The molecule has 3 rings (SSSR count). The molecule has 2 amide bonds. The maximum absolute atomic E-state index is 12.2. The van der Waals surface area contributed by atoms with Crippen LogP contribution in [0.4, 0.5) is 4.79 Å². The van der Waals surface area contributed by atoms with Gasteiger partial charge in [-0.25, -0.2) is 9.78 Å². The van der Waals surface area contributed by atoms with Crippen LogP contribution in [0.3, 0.4) is 0 Å². The SMILES string of the molecule is O=C(O)C1COCC1NC(=O)N1CCn2ccnc2C1. The van der Waals surface area contributed by atoms with E-state index in [2.05, 4.69) is 10.3 Å². The lowest BCUT2D eigenvalue weighted by atomic mass is 10.0. The Hall–Kier alpha value is -2.09. The molecule has 2 aliphatic rings. The highest BCUT2D eigenvalue weighted by Gasteiger charge is 2.36. The van der Waals surface area contributed by atoms with Crippen LogP contribution in [-0.4, -0.2) is 57.4 Å². The van der Waals surface area contributed by atoms with Crippen LogP contribution in [0.25, 0.3) is 0 Å². The maximum atomic E-state index is 12.2. The number of urea groups is 1. The fourth-order valence-electron chi connectivity index (χ4n) is 2.54. The maximum Gasteiger partial charge on any atom is 0.318 e. The number of hydrogen-bond donors (Lipinski definition) is 2. The zero-order valence-electron chi connectivity index (χ0n) is 10.9. The van der Waals surface area contributed by atoms with Crippen LogP contribution < -0.4 is 5.32 Å². The van der Waals surface area contributed by atoms with E-state index in [1.54, 1.807) is 11.1 Å². The van der Waals surface area contributed by atoms with Crippen molar-refractivity contribution < 1.29 is 19.4 Å². The lowest BCUT2D eigenvalue weighted by molar-refractivity contribution is -0.142. The average molecular weight is 280 g/mol. The third-order valence-corrected chi connectivity index (χ3v) is 3.74. The standard InChI is InChI=1S/C12H16N4O4/c17-11(18)8-6-20-7-9(8)14-12(19)16-4-3-15-2-1-13-10(15)5-16/h1-2,8-9H,3-7H2,(H,14,19)(H,17,18). The molecule has 2 aliphatic heterocycles. The quantitative estimate of drug-likeness (QED) is 0.762. The van der Waals surface area contributed by atoms with E-state index in [-0.39, 0.29) is 19.2 Å². The predicted molar refractivity (Wildman–Crippen MR) is 66.9 cm³/mol. The monoisotopic (exact) mass is 280 g/mol. The van der Waals surface area contributed by atoms with Gasteiger partial charge in [0.1, 0.15) is 11.7 Å². The Kier molecular flexibility index (Phi) is 3.31. The van der Waals surface area contributed by atoms with Gasteiger partial charge in [-0.2, -0.15) is 0 Å². The Labute approximate surface area is 115 Å². The number of fused-ring (bicyclic) bond motifs is 1. The average Bonchev–Trinajstić information content (AvgIpc) is 3.05. The van der Waals surface area contributed by atoms with Gasteiger partial charge in [-0.15, -0.1) is 0 Å². The fourth-order valence-corrected chi connectivity index (χ4v) is 2.54. The smallest absolute Gasteiger partial charge is 0.318 e. The van der Waals surface area contributed by atoms with Crippen LogP contribution >= 0.6 is 0 Å². The molecule has 20 heavy (non-hydrogen) atoms. The predicted octanol–water partition coefficient (Wildman–Crippen LogP) is -0.492. The summed E-state index contributed by atoms with van der Waals surface area (Å²) in [5.74, 6) is -0.781. The molecule has 0 bridgehead atoms. The highest BCUT2D eigenvalue weighted by Crippen LogP contribution is 2.15. The number of rotatable bonds is 2. The first-order chi connectivity index (χ1) is 9.65. The van der Waals surface area contributed by atoms with Crippen molar-refractivity contribution in [2.45, 2.75) is 19.1 Å². The van der Waals surface area contributed by atoms with E-state index in [9.17, 15) is 9.59 Å². The van der Waals surface area contributed by atoms with Crippen molar-refractivity contribution in [1.82, 2.24) is 19.8 Å². The molecule has 1 saturated heterocycles. The summed E-state index contributed by atoms with van der Waals surface area (Å²) in [4.78, 5) is 29.0. The molecule has 0 saturated carbocycles. The summed E-state index contributed by atoms with van der Waals surface area (Å²) < 4.78 is 7.14. The van der Waals surface area contributed by atoms with E-state index in [1.165, 1.54) is 0 Å². The highest BCUT2D eigenvalue weighted by molar-refractivity contribution is 5.77. The summed E-state index contributed by atoms with van der Waals surface area (Å²) in [5, 5.41) is 11.8. The molecular formula is C12H16N4O4. The summed E-state index contributed by atoms with van der Waals surface area (Å²) in [6, 6.07) is -0.734. The van der Waals surface area contributed by atoms with Crippen molar-refractivity contribution in [1.29, 1.82) is 0 Å². The van der Waals surface area contributed by atoms with Gasteiger partial charge in [-0.05, 0) is 0 Å². The van der Waals surface area contributed by atoms with Crippen molar-refractivity contribution in [2.75, 3.05) is 19.8 Å². The molecule has 108 valence electrons.